The maximum absolute atomic E-state index is 10.8. The van der Waals surface area contributed by atoms with Gasteiger partial charge in [0.2, 0.25) is 10.0 Å². The lowest BCUT2D eigenvalue weighted by molar-refractivity contribution is 0.607. The molecule has 3 nitrogen and oxygen atoms in total. The minimum absolute atomic E-state index is 0. The van der Waals surface area contributed by atoms with E-state index in [9.17, 15) is 8.42 Å². The fourth-order valence-corrected chi connectivity index (χ4v) is 1.48. The van der Waals surface area contributed by atoms with Gasteiger partial charge in [-0.2, -0.15) is 0 Å². The van der Waals surface area contributed by atoms with Crippen molar-refractivity contribution in [1.29, 1.82) is 0 Å². The van der Waals surface area contributed by atoms with Crippen molar-refractivity contribution in [3.05, 3.63) is 29.8 Å². The van der Waals surface area contributed by atoms with Crippen LogP contribution in [0.3, 0.4) is 0 Å². The summed E-state index contributed by atoms with van der Waals surface area (Å²) in [6.45, 7) is 1.91. The third-order valence-corrected chi connectivity index (χ3v) is 1.93. The predicted molar refractivity (Wildman–Crippen MR) is 51.8 cm³/mol. The second-order valence-electron chi connectivity index (χ2n) is 2.74. The van der Waals surface area contributed by atoms with Crippen LogP contribution in [0, 0.1) is 6.92 Å². The summed E-state index contributed by atoms with van der Waals surface area (Å²) in [5.41, 5.74) is 1.64. The van der Waals surface area contributed by atoms with Gasteiger partial charge in [0.1, 0.15) is 0 Å². The molecule has 1 aromatic rings. The van der Waals surface area contributed by atoms with Gasteiger partial charge in [-0.05, 0) is 24.6 Å². The SMILES string of the molecule is Cc1cccc(NS(C)(=O)=O)c1.[HH]. The topological polar surface area (TPSA) is 46.2 Å². The molecular weight excluding hydrogens is 174 g/mol. The van der Waals surface area contributed by atoms with Crippen LogP contribution >= 0.6 is 0 Å². The Balaban J connectivity index is 0.00000144. The molecule has 0 unspecified atom stereocenters. The van der Waals surface area contributed by atoms with E-state index >= 15 is 0 Å². The average Bonchev–Trinajstić information content (AvgIpc) is 1.82. The number of nitrogens with one attached hydrogen (secondary N) is 1. The van der Waals surface area contributed by atoms with E-state index < -0.39 is 10.0 Å². The van der Waals surface area contributed by atoms with E-state index in [4.69, 9.17) is 0 Å². The quantitative estimate of drug-likeness (QED) is 0.764. The lowest BCUT2D eigenvalue weighted by atomic mass is 10.2. The van der Waals surface area contributed by atoms with Crippen LogP contribution in [0.25, 0.3) is 0 Å². The van der Waals surface area contributed by atoms with E-state index in [1.54, 1.807) is 12.1 Å². The maximum atomic E-state index is 10.8. The standard InChI is InChI=1S/C8H11NO2S.H2/c1-7-4-3-5-8(6-7)9-12(2,10)11;/h3-6,9H,1-2H3;1H. The summed E-state index contributed by atoms with van der Waals surface area (Å²) in [7, 11) is -3.14. The van der Waals surface area contributed by atoms with Crippen molar-refractivity contribution in [3.8, 4) is 0 Å². The molecule has 1 aromatic carbocycles. The lowest BCUT2D eigenvalue weighted by Crippen LogP contribution is -2.09. The highest BCUT2D eigenvalue weighted by Gasteiger charge is 1.99. The molecule has 0 aliphatic rings. The Morgan fingerprint density at radius 1 is 1.42 bits per heavy atom. The Kier molecular flexibility index (Phi) is 2.38. The first-order valence-corrected chi connectivity index (χ1v) is 5.41. The summed E-state index contributed by atoms with van der Waals surface area (Å²) in [6, 6.07) is 7.21. The van der Waals surface area contributed by atoms with E-state index in [0.29, 0.717) is 5.69 Å². The molecular formula is C8H13NO2S. The number of aryl methyl sites for hydroxylation is 1. The van der Waals surface area contributed by atoms with Crippen LogP contribution in [-0.4, -0.2) is 14.7 Å². The first-order valence-electron chi connectivity index (χ1n) is 3.52. The van der Waals surface area contributed by atoms with Gasteiger partial charge in [-0.15, -0.1) is 0 Å². The number of benzene rings is 1. The van der Waals surface area contributed by atoms with Crippen molar-refractivity contribution >= 4 is 15.7 Å². The monoisotopic (exact) mass is 187 g/mol. The Morgan fingerprint density at radius 2 is 2.08 bits per heavy atom. The highest BCUT2D eigenvalue weighted by molar-refractivity contribution is 7.92. The largest absolute Gasteiger partial charge is 0.284 e. The van der Waals surface area contributed by atoms with Crippen molar-refractivity contribution in [2.24, 2.45) is 0 Å². The molecule has 0 fully saturated rings. The Labute approximate surface area is 74.0 Å². The van der Waals surface area contributed by atoms with Crippen molar-refractivity contribution in [3.63, 3.8) is 0 Å². The average molecular weight is 187 g/mol. The van der Waals surface area contributed by atoms with Gasteiger partial charge in [-0.3, -0.25) is 4.72 Å². The van der Waals surface area contributed by atoms with Gasteiger partial charge < -0.3 is 0 Å². The molecule has 0 aliphatic heterocycles. The number of hydrogen-bond donors (Lipinski definition) is 1. The van der Waals surface area contributed by atoms with E-state index in [-0.39, 0.29) is 1.43 Å². The van der Waals surface area contributed by atoms with Crippen molar-refractivity contribution in [1.82, 2.24) is 0 Å². The van der Waals surface area contributed by atoms with Crippen molar-refractivity contribution in [2.75, 3.05) is 11.0 Å². The van der Waals surface area contributed by atoms with Crippen LogP contribution in [0.1, 0.15) is 6.99 Å². The zero-order valence-electron chi connectivity index (χ0n) is 7.03. The summed E-state index contributed by atoms with van der Waals surface area (Å²) in [5.74, 6) is 0. The van der Waals surface area contributed by atoms with Gasteiger partial charge in [-0.25, -0.2) is 8.42 Å². The maximum Gasteiger partial charge on any atom is 0.229 e. The smallest absolute Gasteiger partial charge is 0.229 e. The predicted octanol–water partition coefficient (Wildman–Crippen LogP) is 1.61. The molecule has 0 aliphatic carbocycles. The summed E-state index contributed by atoms with van der Waals surface area (Å²) in [6.07, 6.45) is 1.13. The highest BCUT2D eigenvalue weighted by atomic mass is 32.2. The summed E-state index contributed by atoms with van der Waals surface area (Å²) in [5, 5.41) is 0. The number of hydrogen-bond acceptors (Lipinski definition) is 2. The second kappa shape index (κ2) is 3.15. The molecule has 4 heteroatoms. The first-order chi connectivity index (χ1) is 5.47. The molecule has 0 radical (unpaired) electrons. The normalized spacial score (nSPS) is 11.2. The van der Waals surface area contributed by atoms with Crippen LogP contribution in [-0.2, 0) is 10.0 Å². The van der Waals surface area contributed by atoms with Gasteiger partial charge in [0.15, 0.2) is 0 Å². The van der Waals surface area contributed by atoms with Gasteiger partial charge in [0.25, 0.3) is 0 Å². The van der Waals surface area contributed by atoms with Crippen LogP contribution in [0.15, 0.2) is 24.3 Å². The molecule has 1 N–H and O–H groups in total. The third kappa shape index (κ3) is 2.92. The molecule has 0 saturated carbocycles. The fourth-order valence-electron chi connectivity index (χ4n) is 0.923. The van der Waals surface area contributed by atoms with Crippen molar-refractivity contribution in [2.45, 2.75) is 6.92 Å². The van der Waals surface area contributed by atoms with Crippen LogP contribution in [0.4, 0.5) is 5.69 Å². The van der Waals surface area contributed by atoms with Gasteiger partial charge in [-0.1, -0.05) is 12.1 Å². The van der Waals surface area contributed by atoms with Gasteiger partial charge >= 0.3 is 0 Å². The van der Waals surface area contributed by atoms with Crippen LogP contribution < -0.4 is 4.72 Å². The van der Waals surface area contributed by atoms with Gasteiger partial charge in [0, 0.05) is 7.11 Å². The van der Waals surface area contributed by atoms with Crippen molar-refractivity contribution < 1.29 is 9.84 Å². The molecule has 0 heterocycles. The Hall–Kier alpha value is -1.03. The molecule has 0 spiro atoms. The molecule has 0 aromatic heterocycles. The Morgan fingerprint density at radius 3 is 2.58 bits per heavy atom. The summed E-state index contributed by atoms with van der Waals surface area (Å²) < 4.78 is 24.0. The molecule has 68 valence electrons. The third-order valence-electron chi connectivity index (χ3n) is 1.32. The molecule has 0 amide bonds. The first kappa shape index (κ1) is 9.06. The van der Waals surface area contributed by atoms with E-state index in [1.165, 1.54) is 0 Å². The number of sulfonamides is 1. The minimum Gasteiger partial charge on any atom is -0.284 e. The molecule has 0 atom stereocenters. The fraction of sp³-hybridized carbons (Fsp3) is 0.250. The Bertz CT molecular complexity index is 375. The van der Waals surface area contributed by atoms with E-state index in [2.05, 4.69) is 4.72 Å². The zero-order chi connectivity index (χ0) is 9.19. The second-order valence-corrected chi connectivity index (χ2v) is 4.49. The van der Waals surface area contributed by atoms with E-state index in [1.807, 2.05) is 19.1 Å². The summed E-state index contributed by atoms with van der Waals surface area (Å²) in [4.78, 5) is 0. The van der Waals surface area contributed by atoms with Gasteiger partial charge in [0.05, 0.1) is 6.26 Å². The molecule has 1 rings (SSSR count). The molecule has 0 saturated heterocycles. The molecule has 0 bridgehead atoms. The van der Waals surface area contributed by atoms with E-state index in [0.717, 1.165) is 11.8 Å². The highest BCUT2D eigenvalue weighted by Crippen LogP contribution is 2.10. The minimum atomic E-state index is -3.14. The lowest BCUT2D eigenvalue weighted by Gasteiger charge is -2.03. The zero-order valence-corrected chi connectivity index (χ0v) is 7.85. The number of anilines is 1. The van der Waals surface area contributed by atoms with Crippen LogP contribution in [0.5, 0.6) is 0 Å². The number of rotatable bonds is 2. The molecule has 12 heavy (non-hydrogen) atoms. The summed E-state index contributed by atoms with van der Waals surface area (Å²) >= 11 is 0. The van der Waals surface area contributed by atoms with Crippen LogP contribution in [0.2, 0.25) is 0 Å².